The highest BCUT2D eigenvalue weighted by atomic mass is 16.3. The minimum absolute atomic E-state index is 0.151. The van der Waals surface area contributed by atoms with Gasteiger partial charge in [0.05, 0.1) is 18.4 Å². The quantitative estimate of drug-likeness (QED) is 0.869. The first-order valence-corrected chi connectivity index (χ1v) is 9.98. The van der Waals surface area contributed by atoms with Gasteiger partial charge < -0.3 is 14.6 Å². The second-order valence-electron chi connectivity index (χ2n) is 8.63. The van der Waals surface area contributed by atoms with E-state index in [1.165, 1.54) is 25.7 Å². The van der Waals surface area contributed by atoms with Gasteiger partial charge in [-0.1, -0.05) is 18.6 Å². The number of para-hydroxylation sites is 1. The van der Waals surface area contributed by atoms with Crippen LogP contribution in [0.2, 0.25) is 0 Å². The number of nitrogens with one attached hydrogen (secondary N) is 1. The molecule has 1 N–H and O–H groups in total. The fourth-order valence-corrected chi connectivity index (χ4v) is 6.74. The molecular formula is C22H24N2O2. The second-order valence-corrected chi connectivity index (χ2v) is 8.63. The van der Waals surface area contributed by atoms with E-state index in [1.807, 2.05) is 30.3 Å². The van der Waals surface area contributed by atoms with E-state index < -0.39 is 0 Å². The SMILES string of the molecule is O=C1c2ccccc2N[C@@]2(C[C@H]3CC2[C@H]2CCC[C@H]32)N1Cc1ccco1. The number of benzene rings is 1. The molecule has 4 heteroatoms. The van der Waals surface area contributed by atoms with E-state index in [-0.39, 0.29) is 11.6 Å². The van der Waals surface area contributed by atoms with Crippen LogP contribution in [0.1, 0.15) is 48.2 Å². The molecule has 3 saturated carbocycles. The molecule has 6 rings (SSSR count). The number of anilines is 1. The fraction of sp³-hybridized carbons (Fsp3) is 0.500. The first-order chi connectivity index (χ1) is 12.8. The van der Waals surface area contributed by atoms with Gasteiger partial charge in [0.25, 0.3) is 5.91 Å². The van der Waals surface area contributed by atoms with Crippen LogP contribution in [0.5, 0.6) is 0 Å². The van der Waals surface area contributed by atoms with Crippen LogP contribution in [0.4, 0.5) is 5.69 Å². The third kappa shape index (κ3) is 1.82. The standard InChI is InChI=1S/C22H24N2O2/c25-21-18-6-1-2-9-20(18)23-22(24(21)13-15-5-4-10-26-15)12-14-11-19(22)17-8-3-7-16(14)17/h1-2,4-6,9-10,14,16-17,19,23H,3,7-8,11-13H2/t14-,16-,17+,19?,22+/m1/s1. The van der Waals surface area contributed by atoms with Crippen molar-refractivity contribution in [1.29, 1.82) is 0 Å². The number of hydrogen-bond donors (Lipinski definition) is 1. The van der Waals surface area contributed by atoms with Gasteiger partial charge in [-0.3, -0.25) is 4.79 Å². The summed E-state index contributed by atoms with van der Waals surface area (Å²) in [6, 6.07) is 11.9. The van der Waals surface area contributed by atoms with Crippen molar-refractivity contribution in [3.8, 4) is 0 Å². The van der Waals surface area contributed by atoms with Crippen LogP contribution in [0.25, 0.3) is 0 Å². The molecule has 2 heterocycles. The van der Waals surface area contributed by atoms with Gasteiger partial charge in [-0.25, -0.2) is 0 Å². The van der Waals surface area contributed by atoms with Gasteiger partial charge >= 0.3 is 0 Å². The zero-order valence-electron chi connectivity index (χ0n) is 14.9. The van der Waals surface area contributed by atoms with Crippen LogP contribution in [0.3, 0.4) is 0 Å². The largest absolute Gasteiger partial charge is 0.467 e. The van der Waals surface area contributed by atoms with Crippen molar-refractivity contribution in [1.82, 2.24) is 4.90 Å². The van der Waals surface area contributed by atoms with E-state index in [0.717, 1.165) is 41.2 Å². The third-order valence-electron chi connectivity index (χ3n) is 7.62. The molecule has 2 aromatic rings. The van der Waals surface area contributed by atoms with Gasteiger partial charge in [-0.15, -0.1) is 0 Å². The van der Waals surface area contributed by atoms with Gasteiger partial charge in [0.15, 0.2) is 0 Å². The molecule has 0 saturated heterocycles. The average Bonchev–Trinajstić information content (AvgIpc) is 3.40. The topological polar surface area (TPSA) is 45.5 Å². The molecule has 1 unspecified atom stereocenters. The lowest BCUT2D eigenvalue weighted by Gasteiger charge is -2.53. The normalized spacial score (nSPS) is 37.1. The number of carbonyl (C=O) groups excluding carboxylic acids is 1. The number of amides is 1. The highest BCUT2D eigenvalue weighted by molar-refractivity contribution is 6.02. The summed E-state index contributed by atoms with van der Waals surface area (Å²) >= 11 is 0. The summed E-state index contributed by atoms with van der Waals surface area (Å²) in [5, 5.41) is 3.87. The van der Waals surface area contributed by atoms with Crippen LogP contribution >= 0.6 is 0 Å². The predicted molar refractivity (Wildman–Crippen MR) is 98.4 cm³/mol. The molecule has 3 fully saturated rings. The molecule has 1 aromatic carbocycles. The van der Waals surface area contributed by atoms with Gasteiger partial charge in [-0.2, -0.15) is 0 Å². The number of nitrogens with zero attached hydrogens (tertiary/aromatic N) is 1. The molecule has 1 spiro atoms. The molecule has 0 radical (unpaired) electrons. The Morgan fingerprint density at radius 1 is 1.15 bits per heavy atom. The summed E-state index contributed by atoms with van der Waals surface area (Å²) in [5.41, 5.74) is 1.56. The molecular weight excluding hydrogens is 324 g/mol. The van der Waals surface area contributed by atoms with Crippen molar-refractivity contribution >= 4 is 11.6 Å². The molecule has 4 aliphatic rings. The number of furan rings is 1. The molecule has 2 bridgehead atoms. The van der Waals surface area contributed by atoms with Crippen LogP contribution in [-0.2, 0) is 6.54 Å². The Morgan fingerprint density at radius 2 is 2.04 bits per heavy atom. The first kappa shape index (κ1) is 14.9. The smallest absolute Gasteiger partial charge is 0.258 e. The zero-order chi connectivity index (χ0) is 17.3. The van der Waals surface area contributed by atoms with E-state index in [1.54, 1.807) is 6.26 Å². The summed E-state index contributed by atoms with van der Waals surface area (Å²) < 4.78 is 5.62. The lowest BCUT2D eigenvalue weighted by Crippen LogP contribution is -2.64. The molecule has 4 nitrogen and oxygen atoms in total. The lowest BCUT2D eigenvalue weighted by molar-refractivity contribution is 0.00831. The maximum absolute atomic E-state index is 13.5. The number of fused-ring (bicyclic) bond motifs is 7. The molecule has 134 valence electrons. The number of carbonyl (C=O) groups is 1. The van der Waals surface area contributed by atoms with Crippen molar-refractivity contribution in [3.63, 3.8) is 0 Å². The summed E-state index contributed by atoms with van der Waals surface area (Å²) in [6.07, 6.45) is 8.14. The van der Waals surface area contributed by atoms with Gasteiger partial charge in [0.1, 0.15) is 11.4 Å². The van der Waals surface area contributed by atoms with E-state index in [2.05, 4.69) is 16.3 Å². The van der Waals surface area contributed by atoms with E-state index in [9.17, 15) is 4.79 Å². The zero-order valence-corrected chi connectivity index (χ0v) is 14.9. The Morgan fingerprint density at radius 3 is 2.92 bits per heavy atom. The molecule has 1 aromatic heterocycles. The van der Waals surface area contributed by atoms with E-state index in [0.29, 0.717) is 12.5 Å². The van der Waals surface area contributed by atoms with Gasteiger partial charge in [-0.05, 0) is 67.7 Å². The van der Waals surface area contributed by atoms with Crippen molar-refractivity contribution in [2.45, 2.75) is 44.3 Å². The Hall–Kier alpha value is -2.23. The van der Waals surface area contributed by atoms with Crippen molar-refractivity contribution < 1.29 is 9.21 Å². The maximum atomic E-state index is 13.5. The highest BCUT2D eigenvalue weighted by Gasteiger charge is 2.65. The van der Waals surface area contributed by atoms with Crippen LogP contribution in [0, 0.1) is 23.7 Å². The lowest BCUT2D eigenvalue weighted by atomic mass is 9.73. The van der Waals surface area contributed by atoms with Crippen LogP contribution < -0.4 is 5.32 Å². The average molecular weight is 348 g/mol. The molecule has 1 aliphatic heterocycles. The maximum Gasteiger partial charge on any atom is 0.258 e. The minimum atomic E-state index is -0.242. The summed E-state index contributed by atoms with van der Waals surface area (Å²) in [4.78, 5) is 15.6. The Kier molecular flexibility index (Phi) is 2.95. The van der Waals surface area contributed by atoms with Crippen molar-refractivity contribution in [2.24, 2.45) is 23.7 Å². The van der Waals surface area contributed by atoms with E-state index >= 15 is 0 Å². The number of hydrogen-bond acceptors (Lipinski definition) is 3. The molecule has 1 amide bonds. The third-order valence-corrected chi connectivity index (χ3v) is 7.62. The fourth-order valence-electron chi connectivity index (χ4n) is 6.74. The highest BCUT2D eigenvalue weighted by Crippen LogP contribution is 2.64. The second kappa shape index (κ2) is 5.15. The van der Waals surface area contributed by atoms with Crippen molar-refractivity contribution in [2.75, 3.05) is 5.32 Å². The van der Waals surface area contributed by atoms with Crippen molar-refractivity contribution in [3.05, 3.63) is 54.0 Å². The van der Waals surface area contributed by atoms with Gasteiger partial charge in [0, 0.05) is 11.6 Å². The number of rotatable bonds is 2. The van der Waals surface area contributed by atoms with Gasteiger partial charge in [0.2, 0.25) is 0 Å². The summed E-state index contributed by atoms with van der Waals surface area (Å²) in [6.45, 7) is 0.549. The minimum Gasteiger partial charge on any atom is -0.467 e. The Bertz CT molecular complexity index is 861. The van der Waals surface area contributed by atoms with Crippen LogP contribution in [-0.4, -0.2) is 16.5 Å². The molecule has 26 heavy (non-hydrogen) atoms. The first-order valence-electron chi connectivity index (χ1n) is 9.98. The monoisotopic (exact) mass is 348 g/mol. The van der Waals surface area contributed by atoms with Crippen LogP contribution in [0.15, 0.2) is 47.1 Å². The predicted octanol–water partition coefficient (Wildman–Crippen LogP) is 4.50. The molecule has 5 atom stereocenters. The Balaban J connectivity index is 1.46. The summed E-state index contributed by atoms with van der Waals surface area (Å²) in [5.74, 6) is 4.01. The molecule has 3 aliphatic carbocycles. The Labute approximate surface area is 153 Å². The van der Waals surface area contributed by atoms with E-state index in [4.69, 9.17) is 4.42 Å². The summed E-state index contributed by atoms with van der Waals surface area (Å²) in [7, 11) is 0.